The van der Waals surface area contributed by atoms with Crippen molar-refractivity contribution in [2.75, 3.05) is 46.4 Å². The van der Waals surface area contributed by atoms with Crippen molar-refractivity contribution >= 4 is 36.0 Å². The van der Waals surface area contributed by atoms with Gasteiger partial charge in [-0.1, -0.05) is 13.3 Å². The van der Waals surface area contributed by atoms with Gasteiger partial charge in [0.2, 0.25) is 0 Å². The van der Waals surface area contributed by atoms with E-state index in [9.17, 15) is 4.79 Å². The molecule has 1 aliphatic rings. The normalized spacial score (nSPS) is 16.9. The van der Waals surface area contributed by atoms with Gasteiger partial charge in [-0.05, 0) is 53.4 Å². The summed E-state index contributed by atoms with van der Waals surface area (Å²) in [6, 6.07) is 0.382. The summed E-state index contributed by atoms with van der Waals surface area (Å²) in [5, 5.41) is 9.88. The first-order chi connectivity index (χ1) is 14.3. The zero-order valence-corrected chi connectivity index (χ0v) is 22.8. The largest absolute Gasteiger partial charge is 0.444 e. The lowest BCUT2D eigenvalue weighted by Crippen LogP contribution is -2.49. The minimum absolute atomic E-state index is 0. The minimum atomic E-state index is -0.501. The number of hydrogen-bond acceptors (Lipinski definition) is 5. The SMILES string of the molecule is CCCC(CN=C(NCC)NC1CCN(CCCOC)CC1)NC(=O)OC(C)(C)C.I. The van der Waals surface area contributed by atoms with Crippen LogP contribution in [0.25, 0.3) is 0 Å². The number of alkyl carbamates (subject to hydrolysis) is 1. The molecule has 0 saturated carbocycles. The van der Waals surface area contributed by atoms with Gasteiger partial charge in [0.25, 0.3) is 0 Å². The Morgan fingerprint density at radius 1 is 1.23 bits per heavy atom. The topological polar surface area (TPSA) is 87.2 Å². The molecule has 1 unspecified atom stereocenters. The molecule has 0 aliphatic carbocycles. The number of nitrogens with zero attached hydrogens (tertiary/aromatic N) is 2. The van der Waals surface area contributed by atoms with Crippen molar-refractivity contribution in [3.8, 4) is 0 Å². The second-order valence-corrected chi connectivity index (χ2v) is 8.96. The van der Waals surface area contributed by atoms with Crippen molar-refractivity contribution in [2.24, 2.45) is 4.99 Å². The van der Waals surface area contributed by atoms with Gasteiger partial charge in [-0.15, -0.1) is 24.0 Å². The number of likely N-dealkylation sites (tertiary alicyclic amines) is 1. The Morgan fingerprint density at radius 2 is 1.90 bits per heavy atom. The van der Waals surface area contributed by atoms with Gasteiger partial charge in [0.1, 0.15) is 5.60 Å². The van der Waals surface area contributed by atoms with Crippen LogP contribution in [0.4, 0.5) is 4.79 Å². The molecular weight excluding hydrogens is 509 g/mol. The molecular formula is C22H46IN5O3. The fraction of sp³-hybridized carbons (Fsp3) is 0.909. The highest BCUT2D eigenvalue weighted by Crippen LogP contribution is 2.11. The third kappa shape index (κ3) is 14.8. The van der Waals surface area contributed by atoms with Gasteiger partial charge in [0, 0.05) is 45.9 Å². The summed E-state index contributed by atoms with van der Waals surface area (Å²) >= 11 is 0. The number of amides is 1. The molecule has 1 amide bonds. The summed E-state index contributed by atoms with van der Waals surface area (Å²) in [7, 11) is 1.76. The maximum Gasteiger partial charge on any atom is 0.407 e. The van der Waals surface area contributed by atoms with E-state index >= 15 is 0 Å². The van der Waals surface area contributed by atoms with Crippen LogP contribution in [-0.2, 0) is 9.47 Å². The van der Waals surface area contributed by atoms with E-state index in [0.29, 0.717) is 12.6 Å². The molecule has 9 heteroatoms. The smallest absolute Gasteiger partial charge is 0.407 e. The van der Waals surface area contributed by atoms with Crippen molar-refractivity contribution in [2.45, 2.75) is 84.4 Å². The van der Waals surface area contributed by atoms with E-state index in [1.165, 1.54) is 0 Å². The van der Waals surface area contributed by atoms with E-state index in [-0.39, 0.29) is 36.1 Å². The third-order valence-electron chi connectivity index (χ3n) is 4.92. The summed E-state index contributed by atoms with van der Waals surface area (Å²) in [5.41, 5.74) is -0.501. The predicted molar refractivity (Wildman–Crippen MR) is 139 cm³/mol. The number of halogens is 1. The van der Waals surface area contributed by atoms with Crippen molar-refractivity contribution < 1.29 is 14.3 Å². The van der Waals surface area contributed by atoms with Gasteiger partial charge in [-0.3, -0.25) is 4.99 Å². The van der Waals surface area contributed by atoms with Crippen LogP contribution < -0.4 is 16.0 Å². The molecule has 184 valence electrons. The van der Waals surface area contributed by atoms with Crippen LogP contribution in [0.15, 0.2) is 4.99 Å². The lowest BCUT2D eigenvalue weighted by molar-refractivity contribution is 0.0503. The highest BCUT2D eigenvalue weighted by atomic mass is 127. The number of nitrogens with one attached hydrogen (secondary N) is 3. The number of piperidine rings is 1. The Hall–Kier alpha value is -0.810. The van der Waals surface area contributed by atoms with Crippen molar-refractivity contribution in [1.29, 1.82) is 0 Å². The molecule has 31 heavy (non-hydrogen) atoms. The lowest BCUT2D eigenvalue weighted by atomic mass is 10.1. The van der Waals surface area contributed by atoms with Gasteiger partial charge in [-0.25, -0.2) is 4.79 Å². The zero-order valence-electron chi connectivity index (χ0n) is 20.5. The highest BCUT2D eigenvalue weighted by Gasteiger charge is 2.21. The number of ether oxygens (including phenoxy) is 2. The van der Waals surface area contributed by atoms with Gasteiger partial charge < -0.3 is 30.3 Å². The second kappa shape index (κ2) is 16.8. The standard InChI is InChI=1S/C22H45N5O3.HI/c1-7-10-19(26-21(28)30-22(3,4)5)17-24-20(23-8-2)25-18-11-14-27(15-12-18)13-9-16-29-6;/h18-19H,7-17H2,1-6H3,(H,26,28)(H2,23,24,25);1H. The Morgan fingerprint density at radius 3 is 2.45 bits per heavy atom. The first kappa shape index (κ1) is 30.2. The number of guanidine groups is 1. The Bertz CT molecular complexity index is 506. The Labute approximate surface area is 206 Å². The molecule has 1 heterocycles. The van der Waals surface area contributed by atoms with Crippen LogP contribution in [-0.4, -0.2) is 81.1 Å². The molecule has 0 radical (unpaired) electrons. The molecule has 8 nitrogen and oxygen atoms in total. The summed E-state index contributed by atoms with van der Waals surface area (Å²) in [5.74, 6) is 0.822. The molecule has 1 saturated heterocycles. The van der Waals surface area contributed by atoms with E-state index in [1.54, 1.807) is 7.11 Å². The number of hydrogen-bond donors (Lipinski definition) is 3. The lowest BCUT2D eigenvalue weighted by Gasteiger charge is -2.33. The number of aliphatic imine (C=N–C) groups is 1. The van der Waals surface area contributed by atoms with Gasteiger partial charge in [0.15, 0.2) is 5.96 Å². The summed E-state index contributed by atoms with van der Waals surface area (Å²) in [4.78, 5) is 19.4. The quantitative estimate of drug-likeness (QED) is 0.157. The van der Waals surface area contributed by atoms with Crippen LogP contribution in [0.1, 0.15) is 66.7 Å². The van der Waals surface area contributed by atoms with Crippen molar-refractivity contribution in [1.82, 2.24) is 20.9 Å². The van der Waals surface area contributed by atoms with E-state index < -0.39 is 5.60 Å². The average Bonchev–Trinajstić information content (AvgIpc) is 2.66. The average molecular weight is 556 g/mol. The van der Waals surface area contributed by atoms with Gasteiger partial charge >= 0.3 is 6.09 Å². The monoisotopic (exact) mass is 555 g/mol. The first-order valence-electron chi connectivity index (χ1n) is 11.5. The molecule has 1 atom stereocenters. The molecule has 0 spiro atoms. The van der Waals surface area contributed by atoms with Crippen LogP contribution in [0.2, 0.25) is 0 Å². The Balaban J connectivity index is 0.00000900. The van der Waals surface area contributed by atoms with E-state index in [2.05, 4.69) is 34.7 Å². The maximum absolute atomic E-state index is 12.1. The zero-order chi connectivity index (χ0) is 22.4. The highest BCUT2D eigenvalue weighted by molar-refractivity contribution is 14.0. The minimum Gasteiger partial charge on any atom is -0.444 e. The molecule has 3 N–H and O–H groups in total. The fourth-order valence-electron chi connectivity index (χ4n) is 3.48. The number of carbonyl (C=O) groups is 1. The summed E-state index contributed by atoms with van der Waals surface area (Å²) in [6.07, 6.45) is 4.75. The second-order valence-electron chi connectivity index (χ2n) is 8.96. The summed E-state index contributed by atoms with van der Waals surface area (Å²) < 4.78 is 10.5. The van der Waals surface area contributed by atoms with Crippen LogP contribution in [0.3, 0.4) is 0 Å². The number of rotatable bonds is 11. The van der Waals surface area contributed by atoms with Crippen LogP contribution in [0.5, 0.6) is 0 Å². The van der Waals surface area contributed by atoms with Gasteiger partial charge in [-0.2, -0.15) is 0 Å². The molecule has 0 aromatic rings. The molecule has 0 bridgehead atoms. The molecule has 1 rings (SSSR count). The molecule has 0 aromatic heterocycles. The fourth-order valence-corrected chi connectivity index (χ4v) is 3.48. The van der Waals surface area contributed by atoms with Crippen LogP contribution in [0, 0.1) is 0 Å². The third-order valence-corrected chi connectivity index (χ3v) is 4.92. The van der Waals surface area contributed by atoms with Crippen LogP contribution >= 0.6 is 24.0 Å². The number of carbonyl (C=O) groups excluding carboxylic acids is 1. The van der Waals surface area contributed by atoms with Crippen molar-refractivity contribution in [3.05, 3.63) is 0 Å². The molecule has 1 aliphatic heterocycles. The maximum atomic E-state index is 12.1. The predicted octanol–water partition coefficient (Wildman–Crippen LogP) is 3.35. The molecule has 1 fully saturated rings. The van der Waals surface area contributed by atoms with Gasteiger partial charge in [0.05, 0.1) is 12.6 Å². The van der Waals surface area contributed by atoms with E-state index in [0.717, 1.165) is 70.8 Å². The first-order valence-corrected chi connectivity index (χ1v) is 11.5. The Kier molecular flexibility index (Phi) is 16.3. The molecule has 0 aromatic carbocycles. The van der Waals surface area contributed by atoms with Crippen molar-refractivity contribution in [3.63, 3.8) is 0 Å². The van der Waals surface area contributed by atoms with E-state index in [4.69, 9.17) is 14.5 Å². The van der Waals surface area contributed by atoms with E-state index in [1.807, 2.05) is 20.8 Å². The summed E-state index contributed by atoms with van der Waals surface area (Å²) in [6.45, 7) is 15.2. The number of methoxy groups -OCH3 is 1.